The van der Waals surface area contributed by atoms with Gasteiger partial charge in [-0.25, -0.2) is 0 Å². The molecule has 1 aliphatic rings. The molecule has 0 aromatic heterocycles. The molecular weight excluding hydrogens is 456 g/mol. The predicted molar refractivity (Wildman–Crippen MR) is 128 cm³/mol. The highest BCUT2D eigenvalue weighted by molar-refractivity contribution is 7.89. The normalized spacial score (nSPS) is 15.6. The Bertz CT molecular complexity index is 1310. The predicted octanol–water partition coefficient (Wildman–Crippen LogP) is 4.26. The van der Waals surface area contributed by atoms with E-state index in [9.17, 15) is 8.42 Å². The molecule has 0 radical (unpaired) electrons. The SMILES string of the molecule is COc1ccc(C2=NN(S(=O)(=O)c3ccccc3)[C@H](c3cccc(OC)c3OC)C2)cc1OC. The molecule has 1 aliphatic heterocycles. The highest BCUT2D eigenvalue weighted by atomic mass is 32.2. The minimum atomic E-state index is -3.96. The largest absolute Gasteiger partial charge is 0.493 e. The Morgan fingerprint density at radius 2 is 1.50 bits per heavy atom. The maximum Gasteiger partial charge on any atom is 0.279 e. The molecule has 0 N–H and O–H groups in total. The van der Waals surface area contributed by atoms with Crippen LogP contribution in [0.4, 0.5) is 0 Å². The maximum atomic E-state index is 13.7. The van der Waals surface area contributed by atoms with Crippen molar-refractivity contribution in [1.82, 2.24) is 4.41 Å². The lowest BCUT2D eigenvalue weighted by Crippen LogP contribution is -2.27. The molecule has 34 heavy (non-hydrogen) atoms. The van der Waals surface area contributed by atoms with Crippen molar-refractivity contribution in [2.45, 2.75) is 17.4 Å². The Kier molecular flexibility index (Phi) is 6.65. The van der Waals surface area contributed by atoms with Crippen molar-refractivity contribution < 1.29 is 27.4 Å². The monoisotopic (exact) mass is 482 g/mol. The number of para-hydroxylation sites is 1. The summed E-state index contributed by atoms with van der Waals surface area (Å²) in [5.41, 5.74) is 1.98. The third-order valence-electron chi connectivity index (χ3n) is 5.67. The number of methoxy groups -OCH3 is 4. The van der Waals surface area contributed by atoms with Crippen molar-refractivity contribution in [3.63, 3.8) is 0 Å². The molecule has 178 valence electrons. The van der Waals surface area contributed by atoms with E-state index in [0.717, 1.165) is 9.98 Å². The molecule has 3 aromatic carbocycles. The molecule has 0 bridgehead atoms. The number of hydrogen-bond donors (Lipinski definition) is 0. The number of rotatable bonds is 8. The van der Waals surface area contributed by atoms with Crippen LogP contribution in [-0.2, 0) is 10.0 Å². The zero-order valence-corrected chi connectivity index (χ0v) is 20.2. The Labute approximate surface area is 199 Å². The van der Waals surface area contributed by atoms with E-state index in [-0.39, 0.29) is 4.90 Å². The quantitative estimate of drug-likeness (QED) is 0.477. The van der Waals surface area contributed by atoms with Crippen LogP contribution in [0, 0.1) is 0 Å². The van der Waals surface area contributed by atoms with Crippen LogP contribution in [0.15, 0.2) is 76.7 Å². The maximum absolute atomic E-state index is 13.7. The fourth-order valence-corrected chi connectivity index (χ4v) is 5.45. The average molecular weight is 483 g/mol. The van der Waals surface area contributed by atoms with Crippen LogP contribution < -0.4 is 18.9 Å². The third-order valence-corrected chi connectivity index (χ3v) is 7.37. The van der Waals surface area contributed by atoms with E-state index < -0.39 is 16.1 Å². The zero-order chi connectivity index (χ0) is 24.3. The van der Waals surface area contributed by atoms with Gasteiger partial charge in [0.15, 0.2) is 23.0 Å². The summed E-state index contributed by atoms with van der Waals surface area (Å²) < 4.78 is 50.3. The van der Waals surface area contributed by atoms with E-state index in [0.29, 0.717) is 40.7 Å². The number of benzene rings is 3. The Hall–Kier alpha value is -3.72. The van der Waals surface area contributed by atoms with Crippen molar-refractivity contribution in [3.8, 4) is 23.0 Å². The molecule has 0 saturated carbocycles. The summed E-state index contributed by atoms with van der Waals surface area (Å²) in [5.74, 6) is 2.08. The first-order valence-electron chi connectivity index (χ1n) is 10.5. The van der Waals surface area contributed by atoms with Gasteiger partial charge in [0, 0.05) is 17.5 Å². The Balaban J connectivity index is 1.86. The molecule has 9 heteroatoms. The molecule has 0 aliphatic carbocycles. The second-order valence-corrected chi connectivity index (χ2v) is 9.31. The second-order valence-electron chi connectivity index (χ2n) is 7.51. The minimum Gasteiger partial charge on any atom is -0.493 e. The Morgan fingerprint density at radius 3 is 2.15 bits per heavy atom. The van der Waals surface area contributed by atoms with Crippen molar-refractivity contribution in [2.24, 2.45) is 5.10 Å². The fraction of sp³-hybridized carbons (Fsp3) is 0.240. The molecule has 1 atom stereocenters. The first kappa shape index (κ1) is 23.4. The van der Waals surface area contributed by atoms with E-state index in [1.807, 2.05) is 12.1 Å². The summed E-state index contributed by atoms with van der Waals surface area (Å²) in [5, 5.41) is 4.60. The van der Waals surface area contributed by atoms with Crippen LogP contribution in [0.2, 0.25) is 0 Å². The van der Waals surface area contributed by atoms with Crippen molar-refractivity contribution in [3.05, 3.63) is 77.9 Å². The molecule has 0 saturated heterocycles. The number of ether oxygens (including phenoxy) is 4. The summed E-state index contributed by atoms with van der Waals surface area (Å²) in [7, 11) is 2.22. The van der Waals surface area contributed by atoms with Gasteiger partial charge < -0.3 is 18.9 Å². The van der Waals surface area contributed by atoms with Gasteiger partial charge in [0.1, 0.15) is 0 Å². The van der Waals surface area contributed by atoms with Gasteiger partial charge in [0.2, 0.25) is 0 Å². The average Bonchev–Trinajstić information content (AvgIpc) is 3.34. The van der Waals surface area contributed by atoms with Gasteiger partial charge >= 0.3 is 0 Å². The van der Waals surface area contributed by atoms with Gasteiger partial charge in [0.05, 0.1) is 45.1 Å². The molecular formula is C25H26N2O6S. The lowest BCUT2D eigenvalue weighted by Gasteiger charge is -2.25. The molecule has 0 unspecified atom stereocenters. The smallest absolute Gasteiger partial charge is 0.279 e. The van der Waals surface area contributed by atoms with Crippen LogP contribution in [-0.4, -0.2) is 47.0 Å². The lowest BCUT2D eigenvalue weighted by atomic mass is 9.98. The van der Waals surface area contributed by atoms with E-state index in [4.69, 9.17) is 18.9 Å². The molecule has 0 spiro atoms. The van der Waals surface area contributed by atoms with E-state index in [1.165, 1.54) is 7.11 Å². The van der Waals surface area contributed by atoms with Crippen LogP contribution in [0.1, 0.15) is 23.6 Å². The second kappa shape index (κ2) is 9.64. The molecule has 0 fully saturated rings. The zero-order valence-electron chi connectivity index (χ0n) is 19.4. The number of hydrazone groups is 1. The van der Waals surface area contributed by atoms with Crippen LogP contribution in [0.3, 0.4) is 0 Å². The summed E-state index contributed by atoms with van der Waals surface area (Å²) in [4.78, 5) is 0.152. The molecule has 1 heterocycles. The fourth-order valence-electron chi connectivity index (χ4n) is 4.01. The number of nitrogens with zero attached hydrogens (tertiary/aromatic N) is 2. The lowest BCUT2D eigenvalue weighted by molar-refractivity contribution is 0.328. The molecule has 8 nitrogen and oxygen atoms in total. The van der Waals surface area contributed by atoms with Gasteiger partial charge in [-0.3, -0.25) is 0 Å². The number of hydrogen-bond acceptors (Lipinski definition) is 7. The van der Waals surface area contributed by atoms with Crippen LogP contribution in [0.5, 0.6) is 23.0 Å². The Morgan fingerprint density at radius 1 is 0.794 bits per heavy atom. The highest BCUT2D eigenvalue weighted by Crippen LogP contribution is 2.44. The first-order chi connectivity index (χ1) is 16.4. The van der Waals surface area contributed by atoms with Gasteiger partial charge in [-0.1, -0.05) is 30.3 Å². The van der Waals surface area contributed by atoms with Crippen LogP contribution >= 0.6 is 0 Å². The first-order valence-corrected chi connectivity index (χ1v) is 12.0. The summed E-state index contributed by atoms with van der Waals surface area (Å²) in [6.45, 7) is 0. The van der Waals surface area contributed by atoms with Crippen LogP contribution in [0.25, 0.3) is 0 Å². The minimum absolute atomic E-state index is 0.152. The number of sulfonamides is 1. The van der Waals surface area contributed by atoms with Crippen molar-refractivity contribution in [1.29, 1.82) is 0 Å². The van der Waals surface area contributed by atoms with Crippen molar-refractivity contribution in [2.75, 3.05) is 28.4 Å². The van der Waals surface area contributed by atoms with Gasteiger partial charge in [-0.15, -0.1) is 0 Å². The topological polar surface area (TPSA) is 86.7 Å². The summed E-state index contributed by atoms with van der Waals surface area (Å²) >= 11 is 0. The van der Waals surface area contributed by atoms with E-state index in [1.54, 1.807) is 75.9 Å². The summed E-state index contributed by atoms with van der Waals surface area (Å²) in [6, 6.07) is 18.4. The summed E-state index contributed by atoms with van der Waals surface area (Å²) in [6.07, 6.45) is 0.324. The molecule has 3 aromatic rings. The van der Waals surface area contributed by atoms with Gasteiger partial charge in [-0.2, -0.15) is 17.9 Å². The van der Waals surface area contributed by atoms with E-state index >= 15 is 0 Å². The van der Waals surface area contributed by atoms with Crippen molar-refractivity contribution >= 4 is 15.7 Å². The third kappa shape index (κ3) is 4.14. The standard InChI is InChI=1S/C25H26N2O6S/c1-30-22-14-13-17(15-24(22)32-3)20-16-21(19-11-8-12-23(31-2)25(19)33-4)27(26-20)34(28,29)18-9-6-5-7-10-18/h5-15,21H,16H2,1-4H3/t21-/m0/s1. The van der Waals surface area contributed by atoms with Gasteiger partial charge in [-0.05, 0) is 36.4 Å². The molecule has 0 amide bonds. The van der Waals surface area contributed by atoms with Gasteiger partial charge in [0.25, 0.3) is 10.0 Å². The highest BCUT2D eigenvalue weighted by Gasteiger charge is 2.39. The molecule has 4 rings (SSSR count). The van der Waals surface area contributed by atoms with E-state index in [2.05, 4.69) is 5.10 Å².